The lowest BCUT2D eigenvalue weighted by Gasteiger charge is -2.10. The van der Waals surface area contributed by atoms with Crippen LogP contribution in [0.15, 0.2) is 41.3 Å². The molecule has 0 saturated carbocycles. The van der Waals surface area contributed by atoms with Gasteiger partial charge in [-0.3, -0.25) is 0 Å². The summed E-state index contributed by atoms with van der Waals surface area (Å²) in [5, 5.41) is 0. The number of hydrogen-bond donors (Lipinski definition) is 1. The Morgan fingerprint density at radius 3 is 2.59 bits per heavy atom. The molecule has 0 aliphatic heterocycles. The van der Waals surface area contributed by atoms with Crippen LogP contribution in [0.5, 0.6) is 0 Å². The first-order valence-electron chi connectivity index (χ1n) is 5.67. The normalized spacial score (nSPS) is 12.6. The molecule has 1 aromatic heterocycles. The van der Waals surface area contributed by atoms with Crippen molar-refractivity contribution in [2.75, 3.05) is 5.75 Å². The average Bonchev–Trinajstić information content (AvgIpc) is 2.74. The second-order valence-electron chi connectivity index (χ2n) is 4.13. The van der Waals surface area contributed by atoms with E-state index in [0.29, 0.717) is 0 Å². The Morgan fingerprint density at radius 1 is 1.18 bits per heavy atom. The van der Waals surface area contributed by atoms with Crippen molar-refractivity contribution in [2.24, 2.45) is 5.73 Å². The molecule has 0 fully saturated rings. The minimum absolute atomic E-state index is 0.137. The van der Waals surface area contributed by atoms with Gasteiger partial charge in [0.05, 0.1) is 0 Å². The summed E-state index contributed by atoms with van der Waals surface area (Å²) in [5.74, 6) is 0.935. The summed E-state index contributed by atoms with van der Waals surface area (Å²) in [7, 11) is 0. The lowest BCUT2D eigenvalue weighted by molar-refractivity contribution is 0.852. The molecule has 90 valence electrons. The van der Waals surface area contributed by atoms with Crippen molar-refractivity contribution in [3.05, 3.63) is 51.7 Å². The van der Waals surface area contributed by atoms with Crippen LogP contribution in [0.3, 0.4) is 0 Å². The van der Waals surface area contributed by atoms with E-state index in [1.165, 1.54) is 20.2 Å². The molecule has 0 radical (unpaired) electrons. The van der Waals surface area contributed by atoms with Crippen LogP contribution < -0.4 is 5.73 Å². The Balaban J connectivity index is 1.97. The molecule has 2 rings (SSSR count). The highest BCUT2D eigenvalue weighted by molar-refractivity contribution is 7.99. The number of benzene rings is 1. The van der Waals surface area contributed by atoms with Gasteiger partial charge in [0.25, 0.3) is 0 Å². The number of nitrogens with two attached hydrogens (primary N) is 1. The fourth-order valence-corrected chi connectivity index (χ4v) is 3.63. The highest BCUT2D eigenvalue weighted by atomic mass is 32.2. The zero-order valence-corrected chi connectivity index (χ0v) is 11.8. The quantitative estimate of drug-likeness (QED) is 0.838. The second kappa shape index (κ2) is 5.71. The van der Waals surface area contributed by atoms with E-state index in [-0.39, 0.29) is 6.04 Å². The van der Waals surface area contributed by atoms with Crippen molar-refractivity contribution in [3.63, 3.8) is 0 Å². The molecule has 0 amide bonds. The van der Waals surface area contributed by atoms with E-state index < -0.39 is 0 Å². The zero-order valence-electron chi connectivity index (χ0n) is 10.1. The number of thioether (sulfide) groups is 1. The molecule has 1 unspecified atom stereocenters. The molecule has 0 bridgehead atoms. The predicted octanol–water partition coefficient (Wildman–Crippen LogP) is 4.16. The van der Waals surface area contributed by atoms with Gasteiger partial charge in [0.1, 0.15) is 0 Å². The van der Waals surface area contributed by atoms with Gasteiger partial charge in [0.2, 0.25) is 0 Å². The molecule has 1 atom stereocenters. The number of hydrogen-bond acceptors (Lipinski definition) is 3. The van der Waals surface area contributed by atoms with Crippen LogP contribution in [0.4, 0.5) is 0 Å². The highest BCUT2D eigenvalue weighted by Crippen LogP contribution is 2.28. The van der Waals surface area contributed by atoms with Crippen LogP contribution in [0.1, 0.15) is 21.4 Å². The van der Waals surface area contributed by atoms with E-state index in [9.17, 15) is 0 Å². The molecule has 0 spiro atoms. The highest BCUT2D eigenvalue weighted by Gasteiger charge is 2.09. The van der Waals surface area contributed by atoms with Crippen molar-refractivity contribution < 1.29 is 0 Å². The Kier molecular flexibility index (Phi) is 4.26. The SMILES string of the molecule is Cc1ccc(C(N)CSc2ccccc2C)s1. The molecule has 0 saturated heterocycles. The van der Waals surface area contributed by atoms with Crippen molar-refractivity contribution in [1.82, 2.24) is 0 Å². The van der Waals surface area contributed by atoms with Crippen molar-refractivity contribution in [2.45, 2.75) is 24.8 Å². The first-order chi connectivity index (χ1) is 8.16. The Hall–Kier alpha value is -0.770. The fraction of sp³-hybridized carbons (Fsp3) is 0.286. The molecule has 3 heteroatoms. The molecule has 1 aromatic carbocycles. The van der Waals surface area contributed by atoms with Crippen molar-refractivity contribution in [3.8, 4) is 0 Å². The number of thiophene rings is 1. The maximum Gasteiger partial charge on any atom is 0.0485 e. The standard InChI is InChI=1S/C14H17NS2/c1-10-5-3-4-6-13(10)16-9-12(15)14-8-7-11(2)17-14/h3-8,12H,9,15H2,1-2H3. The topological polar surface area (TPSA) is 26.0 Å². The van der Waals surface area contributed by atoms with Gasteiger partial charge in [-0.25, -0.2) is 0 Å². The summed E-state index contributed by atoms with van der Waals surface area (Å²) in [6, 6.07) is 12.9. The van der Waals surface area contributed by atoms with Gasteiger partial charge >= 0.3 is 0 Å². The van der Waals surface area contributed by atoms with Gasteiger partial charge in [0, 0.05) is 26.4 Å². The summed E-state index contributed by atoms with van der Waals surface area (Å²) in [6.07, 6.45) is 0. The van der Waals surface area contributed by atoms with E-state index in [4.69, 9.17) is 5.73 Å². The van der Waals surface area contributed by atoms with Gasteiger partial charge in [-0.2, -0.15) is 0 Å². The van der Waals surface area contributed by atoms with Crippen LogP contribution in [-0.4, -0.2) is 5.75 Å². The lowest BCUT2D eigenvalue weighted by atomic mass is 10.2. The largest absolute Gasteiger partial charge is 0.323 e. The summed E-state index contributed by atoms with van der Waals surface area (Å²) < 4.78 is 0. The monoisotopic (exact) mass is 263 g/mol. The smallest absolute Gasteiger partial charge is 0.0485 e. The maximum atomic E-state index is 6.20. The number of rotatable bonds is 4. The second-order valence-corrected chi connectivity index (χ2v) is 6.51. The van der Waals surface area contributed by atoms with Gasteiger partial charge in [-0.1, -0.05) is 18.2 Å². The minimum Gasteiger partial charge on any atom is -0.323 e. The molecule has 2 N–H and O–H groups in total. The van der Waals surface area contributed by atoms with Gasteiger partial charge in [-0.15, -0.1) is 23.1 Å². The lowest BCUT2D eigenvalue weighted by Crippen LogP contribution is -2.11. The molecule has 1 nitrogen and oxygen atoms in total. The number of aryl methyl sites for hydroxylation is 2. The van der Waals surface area contributed by atoms with Crippen molar-refractivity contribution >= 4 is 23.1 Å². The van der Waals surface area contributed by atoms with Crippen LogP contribution in [0, 0.1) is 13.8 Å². The third-order valence-corrected chi connectivity index (χ3v) is 5.07. The summed E-state index contributed by atoms with van der Waals surface area (Å²) in [6.45, 7) is 4.26. The third kappa shape index (κ3) is 3.35. The first-order valence-corrected chi connectivity index (χ1v) is 7.47. The molecule has 0 aliphatic carbocycles. The van der Waals surface area contributed by atoms with E-state index in [0.717, 1.165) is 5.75 Å². The third-order valence-electron chi connectivity index (χ3n) is 2.64. The van der Waals surface area contributed by atoms with Crippen molar-refractivity contribution in [1.29, 1.82) is 0 Å². The molecular formula is C14H17NS2. The molecule has 2 aromatic rings. The van der Waals surface area contributed by atoms with Gasteiger partial charge in [0.15, 0.2) is 0 Å². The van der Waals surface area contributed by atoms with Crippen LogP contribution >= 0.6 is 23.1 Å². The fourth-order valence-electron chi connectivity index (χ4n) is 1.63. The predicted molar refractivity (Wildman–Crippen MR) is 77.9 cm³/mol. The van der Waals surface area contributed by atoms with E-state index in [2.05, 4.69) is 50.2 Å². The Labute approximate surface area is 111 Å². The van der Waals surface area contributed by atoms with E-state index in [1.807, 2.05) is 11.8 Å². The van der Waals surface area contributed by atoms with Crippen LogP contribution in [-0.2, 0) is 0 Å². The van der Waals surface area contributed by atoms with E-state index >= 15 is 0 Å². The summed E-state index contributed by atoms with van der Waals surface area (Å²) >= 11 is 3.64. The molecular weight excluding hydrogens is 246 g/mol. The van der Waals surface area contributed by atoms with Crippen LogP contribution in [0.25, 0.3) is 0 Å². The first kappa shape index (κ1) is 12.7. The van der Waals surface area contributed by atoms with E-state index in [1.54, 1.807) is 11.3 Å². The minimum atomic E-state index is 0.137. The van der Waals surface area contributed by atoms with Gasteiger partial charge < -0.3 is 5.73 Å². The molecule has 17 heavy (non-hydrogen) atoms. The maximum absolute atomic E-state index is 6.20. The zero-order chi connectivity index (χ0) is 12.3. The Bertz CT molecular complexity index is 490. The molecule has 0 aliphatic rings. The summed E-state index contributed by atoms with van der Waals surface area (Å²) in [4.78, 5) is 3.94. The summed E-state index contributed by atoms with van der Waals surface area (Å²) in [5.41, 5.74) is 7.52. The average molecular weight is 263 g/mol. The Morgan fingerprint density at radius 2 is 1.94 bits per heavy atom. The molecule has 1 heterocycles. The van der Waals surface area contributed by atoms with Crippen LogP contribution in [0.2, 0.25) is 0 Å². The van der Waals surface area contributed by atoms with Gasteiger partial charge in [-0.05, 0) is 37.6 Å².